The Morgan fingerprint density at radius 2 is 2.12 bits per heavy atom. The highest BCUT2D eigenvalue weighted by atomic mass is 16.3. The van der Waals surface area contributed by atoms with Gasteiger partial charge >= 0.3 is 0 Å². The van der Waals surface area contributed by atoms with Gasteiger partial charge < -0.3 is 5.11 Å². The Labute approximate surface area is 94.9 Å². The number of aromatic nitrogens is 1. The Bertz CT molecular complexity index is 524. The van der Waals surface area contributed by atoms with E-state index in [2.05, 4.69) is 4.98 Å². The molecule has 2 nitrogen and oxygen atoms in total. The lowest BCUT2D eigenvalue weighted by molar-refractivity contribution is 0.0346. The molecule has 1 aliphatic rings. The van der Waals surface area contributed by atoms with Gasteiger partial charge in [0.05, 0.1) is 5.60 Å². The predicted molar refractivity (Wildman–Crippen MR) is 64.0 cm³/mol. The molecule has 1 fully saturated rings. The van der Waals surface area contributed by atoms with Crippen LogP contribution in [-0.4, -0.2) is 10.1 Å². The van der Waals surface area contributed by atoms with Gasteiger partial charge in [0.15, 0.2) is 0 Å². The predicted octanol–water partition coefficient (Wildman–Crippen LogP) is 2.85. The summed E-state index contributed by atoms with van der Waals surface area (Å²) in [6, 6.07) is 8.05. The number of hydrogen-bond acceptors (Lipinski definition) is 2. The molecule has 0 aliphatic heterocycles. The highest BCUT2D eigenvalue weighted by molar-refractivity contribution is 5.85. The van der Waals surface area contributed by atoms with Crippen LogP contribution in [0.3, 0.4) is 0 Å². The van der Waals surface area contributed by atoms with Gasteiger partial charge in [0.25, 0.3) is 0 Å². The topological polar surface area (TPSA) is 33.1 Å². The molecule has 1 aromatic carbocycles. The number of nitrogens with zero attached hydrogens (tertiary/aromatic N) is 1. The molecule has 1 atom stereocenters. The number of fused-ring (bicyclic) bond motifs is 1. The highest BCUT2D eigenvalue weighted by Gasteiger charge is 2.41. The van der Waals surface area contributed by atoms with Gasteiger partial charge in [-0.15, -0.1) is 0 Å². The molecule has 3 rings (SSSR count). The Balaban J connectivity index is 2.23. The molecular weight excluding hydrogens is 198 g/mol. The highest BCUT2D eigenvalue weighted by Crippen LogP contribution is 2.46. The standard InChI is InChI=1S/C14H15NO/c1-14(16,11-5-6-11)13-4-2-3-10-9-15-8-7-12(10)13/h2-4,7-9,11,16H,5-6H2,1H3. The van der Waals surface area contributed by atoms with Crippen molar-refractivity contribution in [2.45, 2.75) is 25.4 Å². The Morgan fingerprint density at radius 1 is 1.31 bits per heavy atom. The van der Waals surface area contributed by atoms with Crippen LogP contribution in [0, 0.1) is 5.92 Å². The number of aliphatic hydroxyl groups is 1. The zero-order chi connectivity index (χ0) is 11.2. The van der Waals surface area contributed by atoms with Crippen molar-refractivity contribution in [1.29, 1.82) is 0 Å². The minimum absolute atomic E-state index is 0.422. The minimum Gasteiger partial charge on any atom is -0.385 e. The van der Waals surface area contributed by atoms with E-state index >= 15 is 0 Å². The monoisotopic (exact) mass is 213 g/mol. The molecule has 2 heteroatoms. The lowest BCUT2D eigenvalue weighted by atomic mass is 9.87. The summed E-state index contributed by atoms with van der Waals surface area (Å²) in [5.41, 5.74) is 0.343. The molecule has 1 N–H and O–H groups in total. The third-order valence-electron chi connectivity index (χ3n) is 3.60. The summed E-state index contributed by atoms with van der Waals surface area (Å²) in [5, 5.41) is 12.8. The van der Waals surface area contributed by atoms with Gasteiger partial charge in [-0.1, -0.05) is 18.2 Å². The van der Waals surface area contributed by atoms with E-state index in [4.69, 9.17) is 0 Å². The van der Waals surface area contributed by atoms with Crippen molar-refractivity contribution in [3.63, 3.8) is 0 Å². The molecular formula is C14H15NO. The smallest absolute Gasteiger partial charge is 0.0902 e. The molecule has 1 unspecified atom stereocenters. The molecule has 2 aromatic rings. The van der Waals surface area contributed by atoms with Gasteiger partial charge in [0.2, 0.25) is 0 Å². The summed E-state index contributed by atoms with van der Waals surface area (Å²) in [6.07, 6.45) is 5.90. The first-order valence-electron chi connectivity index (χ1n) is 5.75. The fourth-order valence-corrected chi connectivity index (χ4v) is 2.43. The lowest BCUT2D eigenvalue weighted by Gasteiger charge is -2.25. The zero-order valence-electron chi connectivity index (χ0n) is 9.35. The van der Waals surface area contributed by atoms with E-state index in [9.17, 15) is 5.11 Å². The number of benzene rings is 1. The quantitative estimate of drug-likeness (QED) is 0.832. The second-order valence-corrected chi connectivity index (χ2v) is 4.82. The van der Waals surface area contributed by atoms with Crippen LogP contribution < -0.4 is 0 Å². The average molecular weight is 213 g/mol. The average Bonchev–Trinajstić information content (AvgIpc) is 3.12. The van der Waals surface area contributed by atoms with Crippen molar-refractivity contribution in [1.82, 2.24) is 4.98 Å². The van der Waals surface area contributed by atoms with Crippen molar-refractivity contribution in [2.24, 2.45) is 5.92 Å². The van der Waals surface area contributed by atoms with E-state index in [1.807, 2.05) is 37.4 Å². The Kier molecular flexibility index (Phi) is 2.01. The first-order valence-corrected chi connectivity index (χ1v) is 5.75. The molecule has 0 spiro atoms. The molecule has 0 saturated heterocycles. The molecule has 16 heavy (non-hydrogen) atoms. The maximum Gasteiger partial charge on any atom is 0.0902 e. The van der Waals surface area contributed by atoms with Crippen LogP contribution in [0.2, 0.25) is 0 Å². The third kappa shape index (κ3) is 1.41. The van der Waals surface area contributed by atoms with Crippen LogP contribution in [0.1, 0.15) is 25.3 Å². The van der Waals surface area contributed by atoms with Crippen molar-refractivity contribution in [3.05, 3.63) is 42.2 Å². The van der Waals surface area contributed by atoms with Crippen LogP contribution in [0.5, 0.6) is 0 Å². The van der Waals surface area contributed by atoms with E-state index in [-0.39, 0.29) is 0 Å². The van der Waals surface area contributed by atoms with E-state index < -0.39 is 5.60 Å². The van der Waals surface area contributed by atoms with Crippen LogP contribution in [0.15, 0.2) is 36.7 Å². The first-order chi connectivity index (χ1) is 7.69. The SMILES string of the molecule is CC(O)(c1cccc2cnccc12)C1CC1. The van der Waals surface area contributed by atoms with Gasteiger partial charge in [0.1, 0.15) is 0 Å². The maximum atomic E-state index is 10.6. The molecule has 1 aromatic heterocycles. The van der Waals surface area contributed by atoms with Gasteiger partial charge in [-0.25, -0.2) is 0 Å². The molecule has 0 bridgehead atoms. The first kappa shape index (κ1) is 9.79. The molecule has 0 amide bonds. The molecule has 0 radical (unpaired) electrons. The van der Waals surface area contributed by atoms with Gasteiger partial charge in [-0.2, -0.15) is 0 Å². The molecule has 82 valence electrons. The van der Waals surface area contributed by atoms with E-state index in [0.29, 0.717) is 5.92 Å². The molecule has 1 heterocycles. The van der Waals surface area contributed by atoms with Crippen molar-refractivity contribution >= 4 is 10.8 Å². The Hall–Kier alpha value is -1.41. The molecule has 1 saturated carbocycles. The number of rotatable bonds is 2. The zero-order valence-corrected chi connectivity index (χ0v) is 9.35. The summed E-state index contributed by atoms with van der Waals surface area (Å²) in [5.74, 6) is 0.422. The van der Waals surface area contributed by atoms with Gasteiger partial charge in [0, 0.05) is 17.8 Å². The maximum absolute atomic E-state index is 10.6. The number of pyridine rings is 1. The summed E-state index contributed by atoms with van der Waals surface area (Å²) in [6.45, 7) is 1.93. The fraction of sp³-hybridized carbons (Fsp3) is 0.357. The van der Waals surface area contributed by atoms with E-state index in [0.717, 1.165) is 29.2 Å². The Morgan fingerprint density at radius 3 is 2.88 bits per heavy atom. The van der Waals surface area contributed by atoms with Crippen molar-refractivity contribution in [2.75, 3.05) is 0 Å². The van der Waals surface area contributed by atoms with E-state index in [1.54, 1.807) is 6.20 Å². The van der Waals surface area contributed by atoms with Gasteiger partial charge in [-0.3, -0.25) is 4.98 Å². The molecule has 1 aliphatic carbocycles. The van der Waals surface area contributed by atoms with Crippen LogP contribution in [0.25, 0.3) is 10.8 Å². The van der Waals surface area contributed by atoms with E-state index in [1.165, 1.54) is 0 Å². The van der Waals surface area contributed by atoms with Gasteiger partial charge in [-0.05, 0) is 42.7 Å². The third-order valence-corrected chi connectivity index (χ3v) is 3.60. The fourth-order valence-electron chi connectivity index (χ4n) is 2.43. The summed E-state index contributed by atoms with van der Waals surface area (Å²) in [4.78, 5) is 4.11. The normalized spacial score (nSPS) is 19.6. The summed E-state index contributed by atoms with van der Waals surface area (Å²) in [7, 11) is 0. The van der Waals surface area contributed by atoms with Crippen molar-refractivity contribution < 1.29 is 5.11 Å². The second-order valence-electron chi connectivity index (χ2n) is 4.82. The number of hydrogen-bond donors (Lipinski definition) is 1. The largest absolute Gasteiger partial charge is 0.385 e. The minimum atomic E-state index is -0.694. The lowest BCUT2D eigenvalue weighted by Crippen LogP contribution is -2.24. The van der Waals surface area contributed by atoms with Crippen LogP contribution >= 0.6 is 0 Å². The second kappa shape index (κ2) is 3.29. The van der Waals surface area contributed by atoms with Crippen molar-refractivity contribution in [3.8, 4) is 0 Å². The van der Waals surface area contributed by atoms with Crippen LogP contribution in [0.4, 0.5) is 0 Å². The summed E-state index contributed by atoms with van der Waals surface area (Å²) >= 11 is 0. The summed E-state index contributed by atoms with van der Waals surface area (Å²) < 4.78 is 0. The van der Waals surface area contributed by atoms with Crippen LogP contribution in [-0.2, 0) is 5.60 Å².